The Labute approximate surface area is 112 Å². The van der Waals surface area contributed by atoms with Crippen molar-refractivity contribution in [3.8, 4) is 0 Å². The number of carbonyl (C=O) groups excluding carboxylic acids is 2. The van der Waals surface area contributed by atoms with Crippen LogP contribution < -0.4 is 0 Å². The zero-order valence-electron chi connectivity index (χ0n) is 11.1. The number of fused-ring (bicyclic) bond motifs is 1. The molecule has 0 saturated carbocycles. The first-order chi connectivity index (χ1) is 8.99. The van der Waals surface area contributed by atoms with Crippen LogP contribution in [0, 0.1) is 0 Å². The number of rotatable bonds is 3. The molecule has 0 spiro atoms. The standard InChI is InChI=1S/C16H16O3/c1-10(2)4-3-5-11-6-7-12-13(8-11)16(19)15(18)9-14(12)17/h4,6-9,17H,3,5H2,1-2H3. The summed E-state index contributed by atoms with van der Waals surface area (Å²) in [4.78, 5) is 23.2. The zero-order valence-corrected chi connectivity index (χ0v) is 11.1. The minimum absolute atomic E-state index is 0.129. The highest BCUT2D eigenvalue weighted by Crippen LogP contribution is 2.24. The number of aliphatic hydroxyl groups is 1. The molecule has 0 saturated heterocycles. The maximum absolute atomic E-state index is 11.8. The Morgan fingerprint density at radius 2 is 1.95 bits per heavy atom. The third kappa shape index (κ3) is 2.81. The Morgan fingerprint density at radius 1 is 1.21 bits per heavy atom. The lowest BCUT2D eigenvalue weighted by molar-refractivity contribution is -0.111. The Morgan fingerprint density at radius 3 is 2.63 bits per heavy atom. The summed E-state index contributed by atoms with van der Waals surface area (Å²) < 4.78 is 0. The minimum atomic E-state index is -0.661. The quantitative estimate of drug-likeness (QED) is 0.667. The molecule has 0 bridgehead atoms. The normalized spacial score (nSPS) is 13.9. The summed E-state index contributed by atoms with van der Waals surface area (Å²) in [6.45, 7) is 4.08. The van der Waals surface area contributed by atoms with Gasteiger partial charge in [0, 0.05) is 17.2 Å². The molecule has 1 N–H and O–H groups in total. The Kier molecular flexibility index (Phi) is 3.65. The number of benzene rings is 1. The van der Waals surface area contributed by atoms with Crippen LogP contribution in [0.4, 0.5) is 0 Å². The second-order valence-corrected chi connectivity index (χ2v) is 4.92. The van der Waals surface area contributed by atoms with E-state index in [4.69, 9.17) is 0 Å². The highest BCUT2D eigenvalue weighted by Gasteiger charge is 2.25. The Balaban J connectivity index is 2.29. The third-order valence-corrected chi connectivity index (χ3v) is 3.08. The molecule has 1 aromatic rings. The van der Waals surface area contributed by atoms with Gasteiger partial charge in [0.1, 0.15) is 5.76 Å². The monoisotopic (exact) mass is 256 g/mol. The van der Waals surface area contributed by atoms with Crippen LogP contribution in [0.5, 0.6) is 0 Å². The van der Waals surface area contributed by atoms with E-state index < -0.39 is 11.6 Å². The van der Waals surface area contributed by atoms with Crippen LogP contribution in [0.25, 0.3) is 5.76 Å². The second-order valence-electron chi connectivity index (χ2n) is 4.92. The van der Waals surface area contributed by atoms with Gasteiger partial charge in [0.25, 0.3) is 0 Å². The summed E-state index contributed by atoms with van der Waals surface area (Å²) >= 11 is 0. The molecule has 0 amide bonds. The third-order valence-electron chi connectivity index (χ3n) is 3.08. The van der Waals surface area contributed by atoms with Gasteiger partial charge in [-0.2, -0.15) is 0 Å². The molecular formula is C16H16O3. The van der Waals surface area contributed by atoms with E-state index >= 15 is 0 Å². The van der Waals surface area contributed by atoms with Gasteiger partial charge in [0.15, 0.2) is 0 Å². The van der Waals surface area contributed by atoms with Gasteiger partial charge >= 0.3 is 0 Å². The molecule has 1 aromatic carbocycles. The first-order valence-corrected chi connectivity index (χ1v) is 6.25. The van der Waals surface area contributed by atoms with E-state index in [1.807, 2.05) is 19.9 Å². The summed E-state index contributed by atoms with van der Waals surface area (Å²) in [6, 6.07) is 5.28. The molecule has 1 aliphatic rings. The molecule has 3 heteroatoms. The van der Waals surface area contributed by atoms with Crippen LogP contribution in [0.3, 0.4) is 0 Å². The number of Topliss-reactive ketones (excluding diaryl/α,β-unsaturated/α-hetero) is 1. The van der Waals surface area contributed by atoms with Crippen LogP contribution in [-0.4, -0.2) is 16.7 Å². The number of allylic oxidation sites excluding steroid dienone is 3. The minimum Gasteiger partial charge on any atom is -0.507 e. The fraction of sp³-hybridized carbons (Fsp3) is 0.250. The van der Waals surface area contributed by atoms with Gasteiger partial charge < -0.3 is 5.11 Å². The lowest BCUT2D eigenvalue weighted by atomic mass is 9.91. The average molecular weight is 256 g/mol. The van der Waals surface area contributed by atoms with Crippen molar-refractivity contribution < 1.29 is 14.7 Å². The molecule has 2 rings (SSSR count). The van der Waals surface area contributed by atoms with Gasteiger partial charge in [-0.25, -0.2) is 0 Å². The average Bonchev–Trinajstić information content (AvgIpc) is 2.35. The summed E-state index contributed by atoms with van der Waals surface area (Å²) in [5.41, 5.74) is 2.99. The smallest absolute Gasteiger partial charge is 0.233 e. The molecule has 0 radical (unpaired) electrons. The predicted octanol–water partition coefficient (Wildman–Crippen LogP) is 3.25. The van der Waals surface area contributed by atoms with E-state index in [9.17, 15) is 14.7 Å². The summed E-state index contributed by atoms with van der Waals surface area (Å²) in [7, 11) is 0. The number of hydrogen-bond donors (Lipinski definition) is 1. The highest BCUT2D eigenvalue weighted by atomic mass is 16.3. The van der Waals surface area contributed by atoms with Crippen LogP contribution in [0.15, 0.2) is 35.9 Å². The van der Waals surface area contributed by atoms with Crippen molar-refractivity contribution in [3.63, 3.8) is 0 Å². The SMILES string of the molecule is CC(C)=CCCc1ccc2c(c1)C(=O)C(=O)C=C2O. The Hall–Kier alpha value is -2.16. The molecule has 0 aliphatic heterocycles. The zero-order chi connectivity index (χ0) is 14.0. The molecule has 3 nitrogen and oxygen atoms in total. The first kappa shape index (κ1) is 13.3. The van der Waals surface area contributed by atoms with Crippen molar-refractivity contribution in [2.75, 3.05) is 0 Å². The second kappa shape index (κ2) is 5.22. The van der Waals surface area contributed by atoms with Crippen LogP contribution in [0.2, 0.25) is 0 Å². The van der Waals surface area contributed by atoms with Crippen molar-refractivity contribution in [2.45, 2.75) is 26.7 Å². The molecule has 0 aromatic heterocycles. The summed E-state index contributed by atoms with van der Waals surface area (Å²) in [6.07, 6.45) is 4.81. The molecule has 1 aliphatic carbocycles. The van der Waals surface area contributed by atoms with Crippen molar-refractivity contribution in [2.24, 2.45) is 0 Å². The van der Waals surface area contributed by atoms with Crippen LogP contribution >= 0.6 is 0 Å². The molecule has 0 atom stereocenters. The van der Waals surface area contributed by atoms with Crippen molar-refractivity contribution in [3.05, 3.63) is 52.6 Å². The van der Waals surface area contributed by atoms with Crippen molar-refractivity contribution in [1.82, 2.24) is 0 Å². The predicted molar refractivity (Wildman–Crippen MR) is 74.1 cm³/mol. The van der Waals surface area contributed by atoms with Crippen molar-refractivity contribution >= 4 is 17.3 Å². The van der Waals surface area contributed by atoms with Gasteiger partial charge in [-0.15, -0.1) is 0 Å². The number of ketones is 2. The molecule has 0 fully saturated rings. The Bertz CT molecular complexity index is 602. The fourth-order valence-corrected chi connectivity index (χ4v) is 2.09. The van der Waals surface area contributed by atoms with E-state index in [1.165, 1.54) is 5.57 Å². The van der Waals surface area contributed by atoms with Gasteiger partial charge in [0.05, 0.1) is 0 Å². The lowest BCUT2D eigenvalue weighted by Gasteiger charge is -2.13. The van der Waals surface area contributed by atoms with E-state index in [1.54, 1.807) is 12.1 Å². The largest absolute Gasteiger partial charge is 0.507 e. The van der Waals surface area contributed by atoms with E-state index in [0.29, 0.717) is 11.1 Å². The van der Waals surface area contributed by atoms with Crippen molar-refractivity contribution in [1.29, 1.82) is 0 Å². The van der Waals surface area contributed by atoms with Crippen LogP contribution in [0.1, 0.15) is 41.8 Å². The molecule has 98 valence electrons. The fourth-order valence-electron chi connectivity index (χ4n) is 2.09. The first-order valence-electron chi connectivity index (χ1n) is 6.25. The molecule has 0 heterocycles. The lowest BCUT2D eigenvalue weighted by Crippen LogP contribution is -2.18. The molecular weight excluding hydrogens is 240 g/mol. The van der Waals surface area contributed by atoms with Gasteiger partial charge in [-0.1, -0.05) is 23.8 Å². The van der Waals surface area contributed by atoms with E-state index in [-0.39, 0.29) is 5.76 Å². The van der Waals surface area contributed by atoms with E-state index in [0.717, 1.165) is 24.5 Å². The van der Waals surface area contributed by atoms with E-state index in [2.05, 4.69) is 6.08 Å². The number of carbonyl (C=O) groups is 2. The number of hydrogen-bond acceptors (Lipinski definition) is 3. The summed E-state index contributed by atoms with van der Waals surface area (Å²) in [5.74, 6) is -1.33. The number of aryl methyl sites for hydroxylation is 1. The maximum atomic E-state index is 11.8. The van der Waals surface area contributed by atoms with Gasteiger partial charge in [-0.05, 0) is 38.3 Å². The molecule has 0 unspecified atom stereocenters. The summed E-state index contributed by atoms with van der Waals surface area (Å²) in [5, 5.41) is 9.67. The van der Waals surface area contributed by atoms with Crippen LogP contribution in [-0.2, 0) is 11.2 Å². The van der Waals surface area contributed by atoms with Gasteiger partial charge in [-0.3, -0.25) is 9.59 Å². The maximum Gasteiger partial charge on any atom is 0.233 e. The van der Waals surface area contributed by atoms with Gasteiger partial charge in [0.2, 0.25) is 11.6 Å². The highest BCUT2D eigenvalue weighted by molar-refractivity contribution is 6.50. The number of aliphatic hydroxyl groups excluding tert-OH is 1. The molecule has 19 heavy (non-hydrogen) atoms. The topological polar surface area (TPSA) is 54.4 Å².